The lowest BCUT2D eigenvalue weighted by Gasteiger charge is -2.76. The van der Waals surface area contributed by atoms with Gasteiger partial charge < -0.3 is 4.90 Å². The first kappa shape index (κ1) is 13.6. The van der Waals surface area contributed by atoms with E-state index in [4.69, 9.17) is 0 Å². The summed E-state index contributed by atoms with van der Waals surface area (Å²) >= 11 is 0. The molecule has 2 nitrogen and oxygen atoms in total. The second-order valence-corrected chi connectivity index (χ2v) is 8.59. The molecule has 3 saturated carbocycles. The van der Waals surface area contributed by atoms with Gasteiger partial charge in [-0.2, -0.15) is 0 Å². The van der Waals surface area contributed by atoms with Crippen LogP contribution in [0.25, 0.3) is 0 Å². The van der Waals surface area contributed by atoms with Crippen LogP contribution < -0.4 is 0 Å². The zero-order valence-electron chi connectivity index (χ0n) is 13.5. The van der Waals surface area contributed by atoms with Gasteiger partial charge in [0, 0.05) is 24.7 Å². The second kappa shape index (κ2) is 4.71. The summed E-state index contributed by atoms with van der Waals surface area (Å²) in [5.41, 5.74) is 1.45. The predicted molar refractivity (Wildman–Crippen MR) is 83.9 cm³/mol. The van der Waals surface area contributed by atoms with Crippen LogP contribution in [0.15, 0.2) is 0 Å². The Kier molecular flexibility index (Phi) is 3.20. The standard InChI is InChI=1S/C18H32N2/c1-15(2)17-12-18(13-17,14-17)20-10-6-16(7-11-20)19-8-4-3-5-9-19/h15-16H,3-14H2,1-2H3. The maximum absolute atomic E-state index is 2.89. The third kappa shape index (κ3) is 1.90. The van der Waals surface area contributed by atoms with Crippen LogP contribution in [0.4, 0.5) is 0 Å². The molecule has 20 heavy (non-hydrogen) atoms. The molecule has 2 saturated heterocycles. The average molecular weight is 276 g/mol. The van der Waals surface area contributed by atoms with Crippen molar-refractivity contribution in [2.75, 3.05) is 26.2 Å². The lowest BCUT2D eigenvalue weighted by atomic mass is 9.35. The number of nitrogens with zero attached hydrogens (tertiary/aromatic N) is 2. The highest BCUT2D eigenvalue weighted by molar-refractivity contribution is 5.24. The molecule has 5 rings (SSSR count). The fourth-order valence-electron chi connectivity index (χ4n) is 5.75. The van der Waals surface area contributed by atoms with Gasteiger partial charge in [-0.25, -0.2) is 0 Å². The summed E-state index contributed by atoms with van der Waals surface area (Å²) in [5.74, 6) is 0.912. The van der Waals surface area contributed by atoms with Crippen LogP contribution in [0.2, 0.25) is 0 Å². The molecule has 0 radical (unpaired) electrons. The molecule has 2 heteroatoms. The van der Waals surface area contributed by atoms with Crippen LogP contribution >= 0.6 is 0 Å². The molecular weight excluding hydrogens is 244 g/mol. The molecule has 2 aliphatic heterocycles. The van der Waals surface area contributed by atoms with E-state index in [0.29, 0.717) is 5.54 Å². The Hall–Kier alpha value is -0.0800. The van der Waals surface area contributed by atoms with Crippen molar-refractivity contribution in [2.45, 2.75) is 76.8 Å². The summed E-state index contributed by atoms with van der Waals surface area (Å²) in [6.07, 6.45) is 11.8. The van der Waals surface area contributed by atoms with Crippen LogP contribution in [0.1, 0.15) is 65.2 Å². The van der Waals surface area contributed by atoms with Crippen LogP contribution in [-0.2, 0) is 0 Å². The van der Waals surface area contributed by atoms with Crippen LogP contribution in [0.3, 0.4) is 0 Å². The lowest BCUT2D eigenvalue weighted by molar-refractivity contribution is -0.246. The van der Waals surface area contributed by atoms with E-state index in [9.17, 15) is 0 Å². The molecule has 114 valence electrons. The summed E-state index contributed by atoms with van der Waals surface area (Å²) < 4.78 is 0. The van der Waals surface area contributed by atoms with E-state index < -0.39 is 0 Å². The van der Waals surface area contributed by atoms with E-state index in [2.05, 4.69) is 23.6 Å². The number of hydrogen-bond acceptors (Lipinski definition) is 2. The van der Waals surface area contributed by atoms with Gasteiger partial charge in [0.1, 0.15) is 0 Å². The molecule has 0 spiro atoms. The Balaban J connectivity index is 1.29. The van der Waals surface area contributed by atoms with Crippen LogP contribution in [0.5, 0.6) is 0 Å². The van der Waals surface area contributed by atoms with E-state index in [-0.39, 0.29) is 0 Å². The quantitative estimate of drug-likeness (QED) is 0.778. The number of likely N-dealkylation sites (tertiary alicyclic amines) is 2. The Morgan fingerprint density at radius 2 is 1.45 bits per heavy atom. The fourth-order valence-corrected chi connectivity index (χ4v) is 5.75. The maximum atomic E-state index is 2.89. The highest BCUT2D eigenvalue weighted by Crippen LogP contribution is 2.73. The van der Waals surface area contributed by atoms with Crippen LogP contribution in [-0.4, -0.2) is 47.6 Å². The summed E-state index contributed by atoms with van der Waals surface area (Å²) in [7, 11) is 0. The van der Waals surface area contributed by atoms with Crippen molar-refractivity contribution < 1.29 is 0 Å². The number of hydrogen-bond donors (Lipinski definition) is 0. The maximum Gasteiger partial charge on any atom is 0.0225 e. The van der Waals surface area contributed by atoms with Gasteiger partial charge in [0.25, 0.3) is 0 Å². The Labute approximate surface area is 124 Å². The van der Waals surface area contributed by atoms with Gasteiger partial charge in [0.15, 0.2) is 0 Å². The Bertz CT molecular complexity index is 342. The summed E-state index contributed by atoms with van der Waals surface area (Å²) in [6.45, 7) is 10.4. The lowest BCUT2D eigenvalue weighted by Crippen LogP contribution is -2.77. The molecule has 2 bridgehead atoms. The van der Waals surface area contributed by atoms with Crippen molar-refractivity contribution in [1.82, 2.24) is 9.80 Å². The molecule has 0 N–H and O–H groups in total. The normalized spacial score (nSPS) is 43.4. The van der Waals surface area contributed by atoms with Crippen molar-refractivity contribution >= 4 is 0 Å². The van der Waals surface area contributed by atoms with E-state index >= 15 is 0 Å². The second-order valence-electron chi connectivity index (χ2n) is 8.59. The molecule has 2 heterocycles. The minimum atomic E-state index is 0.678. The highest BCUT2D eigenvalue weighted by atomic mass is 15.3. The molecule has 0 unspecified atom stereocenters. The van der Waals surface area contributed by atoms with Crippen molar-refractivity contribution in [2.24, 2.45) is 11.3 Å². The van der Waals surface area contributed by atoms with Gasteiger partial charge in [-0.1, -0.05) is 20.3 Å². The van der Waals surface area contributed by atoms with Gasteiger partial charge in [-0.15, -0.1) is 0 Å². The van der Waals surface area contributed by atoms with E-state index in [1.807, 2.05) is 0 Å². The highest BCUT2D eigenvalue weighted by Gasteiger charge is 2.70. The van der Waals surface area contributed by atoms with Crippen molar-refractivity contribution in [3.8, 4) is 0 Å². The van der Waals surface area contributed by atoms with Crippen LogP contribution in [0, 0.1) is 11.3 Å². The molecule has 0 amide bonds. The predicted octanol–water partition coefficient (Wildman–Crippen LogP) is 3.52. The van der Waals surface area contributed by atoms with Gasteiger partial charge >= 0.3 is 0 Å². The Morgan fingerprint density at radius 1 is 0.850 bits per heavy atom. The first-order valence-corrected chi connectivity index (χ1v) is 9.13. The first-order valence-electron chi connectivity index (χ1n) is 9.13. The first-order chi connectivity index (χ1) is 9.64. The monoisotopic (exact) mass is 276 g/mol. The van der Waals surface area contributed by atoms with Crippen molar-refractivity contribution in [3.05, 3.63) is 0 Å². The Morgan fingerprint density at radius 3 is 2.00 bits per heavy atom. The molecule has 3 aliphatic carbocycles. The third-order valence-electron chi connectivity index (χ3n) is 7.31. The smallest absolute Gasteiger partial charge is 0.0225 e. The summed E-state index contributed by atoms with van der Waals surface area (Å²) in [5, 5.41) is 0. The van der Waals surface area contributed by atoms with E-state index in [0.717, 1.165) is 17.4 Å². The molecule has 0 atom stereocenters. The SMILES string of the molecule is CC(C)C12CC(N3CCC(N4CCCCC4)CC3)(C1)C2. The van der Waals surface area contributed by atoms with Crippen molar-refractivity contribution in [1.29, 1.82) is 0 Å². The van der Waals surface area contributed by atoms with E-state index in [1.165, 1.54) is 77.5 Å². The topological polar surface area (TPSA) is 6.48 Å². The average Bonchev–Trinajstić information content (AvgIpc) is 2.37. The van der Waals surface area contributed by atoms with Gasteiger partial charge in [0.05, 0.1) is 0 Å². The molecule has 5 fully saturated rings. The zero-order chi connectivity index (χ0) is 13.8. The van der Waals surface area contributed by atoms with Gasteiger partial charge in [0.2, 0.25) is 0 Å². The molecule has 5 aliphatic rings. The molecular formula is C18H32N2. The third-order valence-corrected chi connectivity index (χ3v) is 7.31. The molecule has 0 aromatic carbocycles. The molecule has 0 aromatic heterocycles. The largest absolute Gasteiger partial charge is 0.300 e. The van der Waals surface area contributed by atoms with E-state index in [1.54, 1.807) is 0 Å². The fraction of sp³-hybridized carbons (Fsp3) is 1.00. The molecule has 0 aromatic rings. The minimum absolute atomic E-state index is 0.678. The summed E-state index contributed by atoms with van der Waals surface area (Å²) in [4.78, 5) is 5.69. The van der Waals surface area contributed by atoms with Gasteiger partial charge in [-0.3, -0.25) is 4.90 Å². The summed E-state index contributed by atoms with van der Waals surface area (Å²) in [6, 6.07) is 0.915. The number of piperidine rings is 2. The van der Waals surface area contributed by atoms with Crippen molar-refractivity contribution in [3.63, 3.8) is 0 Å². The zero-order valence-corrected chi connectivity index (χ0v) is 13.5. The van der Waals surface area contributed by atoms with Gasteiger partial charge in [-0.05, 0) is 69.4 Å². The minimum Gasteiger partial charge on any atom is -0.300 e. The number of rotatable bonds is 3.